The number of hydrogen-bond acceptors (Lipinski definition) is 2. The minimum Gasteiger partial charge on any atom is -0.313 e. The molecule has 3 unspecified atom stereocenters. The lowest BCUT2D eigenvalue weighted by atomic mass is 10.1. The van der Waals surface area contributed by atoms with Gasteiger partial charge in [-0.15, -0.1) is 0 Å². The van der Waals surface area contributed by atoms with Crippen molar-refractivity contribution in [3.63, 3.8) is 0 Å². The van der Waals surface area contributed by atoms with Gasteiger partial charge in [0.15, 0.2) is 0 Å². The van der Waals surface area contributed by atoms with Crippen molar-refractivity contribution in [2.75, 3.05) is 18.1 Å². The molecule has 0 spiro atoms. The summed E-state index contributed by atoms with van der Waals surface area (Å²) in [5.41, 5.74) is 0. The van der Waals surface area contributed by atoms with Gasteiger partial charge in [-0.3, -0.25) is 0 Å². The molecule has 11 heavy (non-hydrogen) atoms. The third-order valence-electron chi connectivity index (χ3n) is 2.80. The Balaban J connectivity index is 1.59. The number of rotatable bonds is 3. The first-order chi connectivity index (χ1) is 5.36. The lowest BCUT2D eigenvalue weighted by molar-refractivity contribution is 0.512. The molecule has 2 rings (SSSR count). The Bertz CT molecular complexity index is 132. The van der Waals surface area contributed by atoms with E-state index in [1.165, 1.54) is 30.9 Å². The van der Waals surface area contributed by atoms with Crippen LogP contribution in [-0.4, -0.2) is 24.1 Å². The summed E-state index contributed by atoms with van der Waals surface area (Å²) in [4.78, 5) is 0. The van der Waals surface area contributed by atoms with Gasteiger partial charge >= 0.3 is 0 Å². The zero-order valence-electron chi connectivity index (χ0n) is 7.18. The summed E-state index contributed by atoms with van der Waals surface area (Å²) < 4.78 is 0. The molecule has 1 aliphatic heterocycles. The fraction of sp³-hybridized carbons (Fsp3) is 1.00. The molecule has 1 saturated carbocycles. The molecule has 1 nitrogen and oxygen atoms in total. The van der Waals surface area contributed by atoms with Crippen LogP contribution < -0.4 is 5.32 Å². The van der Waals surface area contributed by atoms with Crippen LogP contribution in [0.25, 0.3) is 0 Å². The van der Waals surface area contributed by atoms with Gasteiger partial charge in [0.2, 0.25) is 0 Å². The quantitative estimate of drug-likeness (QED) is 0.694. The van der Waals surface area contributed by atoms with Gasteiger partial charge in [0.25, 0.3) is 0 Å². The van der Waals surface area contributed by atoms with E-state index < -0.39 is 0 Å². The first kappa shape index (κ1) is 7.93. The van der Waals surface area contributed by atoms with E-state index in [9.17, 15) is 0 Å². The molecule has 1 N–H and O–H groups in total. The molecule has 0 amide bonds. The van der Waals surface area contributed by atoms with Crippen molar-refractivity contribution >= 4 is 11.8 Å². The van der Waals surface area contributed by atoms with Crippen molar-refractivity contribution in [2.24, 2.45) is 11.8 Å². The van der Waals surface area contributed by atoms with Crippen molar-refractivity contribution < 1.29 is 0 Å². The summed E-state index contributed by atoms with van der Waals surface area (Å²) in [6.07, 6.45) is 2.86. The van der Waals surface area contributed by atoms with Crippen molar-refractivity contribution in [3.8, 4) is 0 Å². The Labute approximate surface area is 73.3 Å². The van der Waals surface area contributed by atoms with Crippen LogP contribution in [0, 0.1) is 11.8 Å². The minimum absolute atomic E-state index is 0.876. The first-order valence-electron chi connectivity index (χ1n) is 4.67. The van der Waals surface area contributed by atoms with E-state index in [-0.39, 0.29) is 0 Å². The van der Waals surface area contributed by atoms with Gasteiger partial charge in [0.1, 0.15) is 0 Å². The van der Waals surface area contributed by atoms with Gasteiger partial charge in [-0.2, -0.15) is 11.8 Å². The van der Waals surface area contributed by atoms with Crippen LogP contribution >= 0.6 is 11.8 Å². The van der Waals surface area contributed by atoms with E-state index in [0.717, 1.165) is 17.9 Å². The summed E-state index contributed by atoms with van der Waals surface area (Å²) >= 11 is 2.12. The normalized spacial score (nSPS) is 42.8. The van der Waals surface area contributed by atoms with Crippen LogP contribution in [0.15, 0.2) is 0 Å². The predicted molar refractivity (Wildman–Crippen MR) is 51.0 cm³/mol. The van der Waals surface area contributed by atoms with Crippen LogP contribution in [0.5, 0.6) is 0 Å². The topological polar surface area (TPSA) is 12.0 Å². The number of hydrogen-bond donors (Lipinski definition) is 1. The molecule has 1 saturated heterocycles. The summed E-state index contributed by atoms with van der Waals surface area (Å²) in [6.45, 7) is 3.61. The van der Waals surface area contributed by atoms with E-state index in [2.05, 4.69) is 24.0 Å². The van der Waals surface area contributed by atoms with Gasteiger partial charge in [0.05, 0.1) is 0 Å². The Kier molecular flexibility index (Phi) is 2.42. The van der Waals surface area contributed by atoms with Gasteiger partial charge in [-0.25, -0.2) is 0 Å². The Morgan fingerprint density at radius 3 is 2.91 bits per heavy atom. The lowest BCUT2D eigenvalue weighted by Gasteiger charge is -2.08. The van der Waals surface area contributed by atoms with Crippen LogP contribution in [0.4, 0.5) is 0 Å². The lowest BCUT2D eigenvalue weighted by Crippen LogP contribution is -2.25. The molecule has 2 fully saturated rings. The van der Waals surface area contributed by atoms with Gasteiger partial charge in [-0.05, 0) is 42.7 Å². The minimum atomic E-state index is 0.876. The highest BCUT2D eigenvalue weighted by Gasteiger charge is 2.32. The van der Waals surface area contributed by atoms with Gasteiger partial charge < -0.3 is 5.32 Å². The smallest absolute Gasteiger partial charge is 0.00965 e. The molecule has 1 heterocycles. The van der Waals surface area contributed by atoms with E-state index in [4.69, 9.17) is 0 Å². The number of thioether (sulfide) groups is 1. The standard InChI is InChI=1S/C9H17NS/c1-7-4-9(7)10-5-8-2-3-11-6-8/h7-10H,2-6H2,1H3. The highest BCUT2D eigenvalue weighted by molar-refractivity contribution is 7.99. The van der Waals surface area contributed by atoms with Gasteiger partial charge in [-0.1, -0.05) is 6.92 Å². The molecule has 2 heteroatoms. The Morgan fingerprint density at radius 2 is 2.36 bits per heavy atom. The van der Waals surface area contributed by atoms with E-state index in [1.54, 1.807) is 0 Å². The highest BCUT2D eigenvalue weighted by atomic mass is 32.2. The van der Waals surface area contributed by atoms with Crippen LogP contribution in [0.3, 0.4) is 0 Å². The monoisotopic (exact) mass is 171 g/mol. The fourth-order valence-corrected chi connectivity index (χ4v) is 2.95. The molecular weight excluding hydrogens is 154 g/mol. The molecular formula is C9H17NS. The van der Waals surface area contributed by atoms with E-state index >= 15 is 0 Å². The molecule has 2 aliphatic rings. The molecule has 64 valence electrons. The van der Waals surface area contributed by atoms with Crippen molar-refractivity contribution in [2.45, 2.75) is 25.8 Å². The third-order valence-corrected chi connectivity index (χ3v) is 4.03. The Hall–Kier alpha value is 0.310. The zero-order valence-corrected chi connectivity index (χ0v) is 7.99. The average molecular weight is 171 g/mol. The Morgan fingerprint density at radius 1 is 1.55 bits per heavy atom. The molecule has 0 aromatic carbocycles. The van der Waals surface area contributed by atoms with Crippen LogP contribution in [0.1, 0.15) is 19.8 Å². The summed E-state index contributed by atoms with van der Waals surface area (Å²) in [5, 5.41) is 3.63. The van der Waals surface area contributed by atoms with E-state index in [1.807, 2.05) is 0 Å². The molecule has 0 radical (unpaired) electrons. The molecule has 0 aromatic heterocycles. The maximum absolute atomic E-state index is 3.63. The largest absolute Gasteiger partial charge is 0.313 e. The summed E-state index contributed by atoms with van der Waals surface area (Å²) in [7, 11) is 0. The number of nitrogens with one attached hydrogen (secondary N) is 1. The maximum Gasteiger partial charge on any atom is 0.00965 e. The molecule has 3 atom stereocenters. The highest BCUT2D eigenvalue weighted by Crippen LogP contribution is 2.30. The molecule has 0 aromatic rings. The van der Waals surface area contributed by atoms with Gasteiger partial charge in [0, 0.05) is 6.04 Å². The SMILES string of the molecule is CC1CC1NCC1CCSC1. The van der Waals surface area contributed by atoms with E-state index in [0.29, 0.717) is 0 Å². The zero-order chi connectivity index (χ0) is 7.68. The first-order valence-corrected chi connectivity index (χ1v) is 5.83. The summed E-state index contributed by atoms with van der Waals surface area (Å²) in [5.74, 6) is 4.73. The predicted octanol–water partition coefficient (Wildman–Crippen LogP) is 1.74. The van der Waals surface area contributed by atoms with Crippen LogP contribution in [0.2, 0.25) is 0 Å². The van der Waals surface area contributed by atoms with Crippen molar-refractivity contribution in [1.29, 1.82) is 0 Å². The fourth-order valence-electron chi connectivity index (χ4n) is 1.67. The molecule has 0 bridgehead atoms. The average Bonchev–Trinajstić information content (AvgIpc) is 2.55. The second-order valence-electron chi connectivity index (χ2n) is 3.96. The third kappa shape index (κ3) is 2.12. The van der Waals surface area contributed by atoms with Crippen LogP contribution in [-0.2, 0) is 0 Å². The molecule has 1 aliphatic carbocycles. The van der Waals surface area contributed by atoms with Crippen molar-refractivity contribution in [1.82, 2.24) is 5.32 Å². The summed E-state index contributed by atoms with van der Waals surface area (Å²) in [6, 6.07) is 0.876. The second kappa shape index (κ2) is 3.36. The maximum atomic E-state index is 3.63. The van der Waals surface area contributed by atoms with Crippen molar-refractivity contribution in [3.05, 3.63) is 0 Å². The second-order valence-corrected chi connectivity index (χ2v) is 5.11.